The van der Waals surface area contributed by atoms with Gasteiger partial charge in [0, 0.05) is 65.7 Å². The Hall–Kier alpha value is -11.4. The van der Waals surface area contributed by atoms with E-state index < -0.39 is 29.8 Å². The van der Waals surface area contributed by atoms with Crippen molar-refractivity contribution < 1.29 is 47.0 Å². The number of hydrogen-bond donors (Lipinski definition) is 5. The van der Waals surface area contributed by atoms with Gasteiger partial charge >= 0.3 is 12.1 Å². The number of imidazole rings is 4. The summed E-state index contributed by atoms with van der Waals surface area (Å²) in [5, 5.41) is 2.52. The Morgan fingerprint density at radius 3 is 1.23 bits per heavy atom. The largest absolute Gasteiger partial charge is 0.469 e. The van der Waals surface area contributed by atoms with E-state index in [0.29, 0.717) is 66.8 Å². The van der Waals surface area contributed by atoms with Crippen molar-refractivity contribution in [2.75, 3.05) is 66.6 Å². The lowest BCUT2D eigenvalue weighted by molar-refractivity contribution is -0.146. The van der Waals surface area contributed by atoms with Gasteiger partial charge in [0.15, 0.2) is 0 Å². The first-order chi connectivity index (χ1) is 57.4. The smallest absolute Gasteiger partial charge is 0.407 e. The zero-order valence-corrected chi connectivity index (χ0v) is 68.7. The lowest BCUT2D eigenvalue weighted by Gasteiger charge is -2.34. The molecule has 4 fully saturated rings. The molecule has 8 heterocycles. The number of carbonyl (C=O) groups is 6. The van der Waals surface area contributed by atoms with E-state index in [1.54, 1.807) is 43.3 Å². The fourth-order valence-corrected chi connectivity index (χ4v) is 18.7. The highest BCUT2D eigenvalue weighted by atomic mass is 19.1. The highest BCUT2D eigenvalue weighted by molar-refractivity contribution is 5.88. The van der Waals surface area contributed by atoms with Crippen LogP contribution in [0.4, 0.5) is 13.6 Å². The summed E-state index contributed by atoms with van der Waals surface area (Å²) in [5.74, 6) is 1.17. The molecule has 2 aliphatic carbocycles. The van der Waals surface area contributed by atoms with Crippen molar-refractivity contribution >= 4 is 35.7 Å². The molecule has 4 saturated heterocycles. The van der Waals surface area contributed by atoms with E-state index in [-0.39, 0.29) is 72.1 Å². The van der Waals surface area contributed by atoms with Crippen LogP contribution in [0.5, 0.6) is 0 Å². The summed E-state index contributed by atoms with van der Waals surface area (Å²) in [5.41, 5.74) is 15.8. The van der Waals surface area contributed by atoms with Gasteiger partial charge in [-0.25, -0.2) is 33.5 Å². The maximum absolute atomic E-state index is 16.2. The van der Waals surface area contributed by atoms with Gasteiger partial charge in [0.05, 0.1) is 80.0 Å². The Balaban J connectivity index is 0.000000187. The van der Waals surface area contributed by atoms with Gasteiger partial charge in [-0.15, -0.1) is 0 Å². The Morgan fingerprint density at radius 2 is 0.839 bits per heavy atom. The van der Waals surface area contributed by atoms with Crippen LogP contribution in [-0.4, -0.2) is 178 Å². The van der Waals surface area contributed by atoms with E-state index in [1.807, 2.05) is 82.6 Å². The van der Waals surface area contributed by atoms with Crippen LogP contribution in [0, 0.1) is 17.6 Å². The third kappa shape index (κ3) is 16.8. The number of aromatic nitrogens is 8. The number of hydrogen-bond acceptors (Lipinski definition) is 14. The van der Waals surface area contributed by atoms with E-state index in [9.17, 15) is 28.8 Å². The van der Waals surface area contributed by atoms with Crippen molar-refractivity contribution in [2.45, 2.75) is 180 Å². The summed E-state index contributed by atoms with van der Waals surface area (Å²) in [4.78, 5) is 124. The molecule has 25 heteroatoms. The van der Waals surface area contributed by atoms with Crippen molar-refractivity contribution in [3.63, 3.8) is 0 Å². The van der Waals surface area contributed by atoms with Gasteiger partial charge in [-0.3, -0.25) is 33.8 Å². The second-order valence-electron chi connectivity index (χ2n) is 32.0. The number of rotatable bonds is 23. The molecule has 4 aliphatic heterocycles. The number of methoxy groups -OCH3 is 2. The lowest BCUT2D eigenvalue weighted by atomic mass is 9.95. The number of aryl methyl sites for hydroxylation is 4. The second kappa shape index (κ2) is 36.2. The summed E-state index contributed by atoms with van der Waals surface area (Å²) in [6.07, 6.45) is 14.6. The van der Waals surface area contributed by atoms with E-state index in [2.05, 4.69) is 120 Å². The fraction of sp³-hybridized carbons (Fsp3) is 0.419. The first kappa shape index (κ1) is 81.7. The summed E-state index contributed by atoms with van der Waals surface area (Å²) < 4.78 is 41.4. The van der Waals surface area contributed by atoms with Crippen molar-refractivity contribution in [3.05, 3.63) is 214 Å². The maximum Gasteiger partial charge on any atom is 0.407 e. The summed E-state index contributed by atoms with van der Waals surface area (Å²) in [6.45, 7) is 17.4. The predicted molar refractivity (Wildman–Crippen MR) is 448 cm³/mol. The zero-order valence-electron chi connectivity index (χ0n) is 68.7. The molecule has 5 amide bonds. The monoisotopic (exact) mass is 1600 g/mol. The molecule has 0 spiro atoms. The van der Waals surface area contributed by atoms with Gasteiger partial charge in [0.25, 0.3) is 0 Å². The molecule has 0 unspecified atom stereocenters. The number of ether oxygens (including phenoxy) is 2. The van der Waals surface area contributed by atoms with Gasteiger partial charge < -0.3 is 54.3 Å². The van der Waals surface area contributed by atoms with Crippen molar-refractivity contribution in [3.8, 4) is 67.3 Å². The Labute approximate surface area is 688 Å². The number of alkyl carbamates (subject to hydrolysis) is 1. The molecule has 0 bridgehead atoms. The van der Waals surface area contributed by atoms with Crippen LogP contribution >= 0.6 is 0 Å². The van der Waals surface area contributed by atoms with Gasteiger partial charge in [-0.1, -0.05) is 144 Å². The number of nitrogens with one attached hydrogen (secondary N) is 5. The first-order valence-corrected chi connectivity index (χ1v) is 42.2. The quantitative estimate of drug-likeness (QED) is 0.0373. The summed E-state index contributed by atoms with van der Waals surface area (Å²) in [7, 11) is 2.58. The van der Waals surface area contributed by atoms with Gasteiger partial charge in [-0.05, 0) is 192 Å². The molecule has 118 heavy (non-hydrogen) atoms. The maximum atomic E-state index is 16.2. The molecule has 0 saturated carbocycles. The third-order valence-corrected chi connectivity index (χ3v) is 24.9. The molecule has 0 radical (unpaired) electrons. The number of carbonyl (C=O) groups excluding carboxylic acids is 6. The normalized spacial score (nSPS) is 18.6. The summed E-state index contributed by atoms with van der Waals surface area (Å²) >= 11 is 0. The number of esters is 1. The highest BCUT2D eigenvalue weighted by Gasteiger charge is 2.43. The minimum atomic E-state index is -0.764. The van der Waals surface area contributed by atoms with E-state index in [0.717, 1.165) is 194 Å². The third-order valence-electron chi connectivity index (χ3n) is 24.9. The Bertz CT molecular complexity index is 5280. The van der Waals surface area contributed by atoms with E-state index >= 15 is 8.78 Å². The van der Waals surface area contributed by atoms with Crippen LogP contribution < -0.4 is 5.32 Å². The van der Waals surface area contributed by atoms with E-state index in [4.69, 9.17) is 19.7 Å². The molecule has 23 nitrogen and oxygen atoms in total. The number of likely N-dealkylation sites (tertiary alicyclic amines) is 4. The number of halogens is 2. The number of nitrogens with zero attached hydrogens (tertiary/aromatic N) is 10. The average molecular weight is 1600 g/mol. The van der Waals surface area contributed by atoms with Crippen molar-refractivity contribution in [1.29, 1.82) is 0 Å². The standard InChI is InChI=1S/C53H61FN8O2.C40H46FN7O6/c1-5-59(6-2)48(35-18-11-9-12-19-35)52(63)61-30-16-24-45(61)50-55-34-44(57-50)41-29-27-38(33-42(41)54)37-26-28-40-39(32-37)22-15-23-43-47(40)58-51(56-43)46-25-17-31-62(46)53(64)49(60(7-3)8-4)36-20-13-10-14-21-36;1-22(18-34(49)53-3)38(50)47-16-7-11-33(47)37-44-30-9-5-8-26-19-24(12-14-27(26)35(30)46-37)25-13-15-28(29(41)20-25)31-21-42-36(45-31)32-10-6-17-48(32)39(51)23(2)43-40(52)54-4/h9-14,18-21,26-29,32-34,45-46,48-49H,5-8,15-17,22-25,30-31H2,1-4H3,(H,55,57)(H,56,58);12-15,19-23,32-33H,5-11,16-18H2,1-4H3,(H,42,45)(H,43,52)(H,44,46)/t45-,46-,48+,49+;22-,23+,32+,33+/m01/s1. The van der Waals surface area contributed by atoms with Crippen LogP contribution in [0.2, 0.25) is 0 Å². The lowest BCUT2D eigenvalue weighted by Crippen LogP contribution is -2.46. The van der Waals surface area contributed by atoms with Crippen molar-refractivity contribution in [1.82, 2.24) is 74.6 Å². The zero-order chi connectivity index (χ0) is 82.4. The molecule has 16 rings (SSSR count). The highest BCUT2D eigenvalue weighted by Crippen LogP contribution is 2.44. The van der Waals surface area contributed by atoms with Crippen LogP contribution in [0.15, 0.2) is 146 Å². The van der Waals surface area contributed by atoms with Crippen LogP contribution in [0.3, 0.4) is 0 Å². The van der Waals surface area contributed by atoms with Gasteiger partial charge in [0.1, 0.15) is 53.1 Å². The Kier molecular flexibility index (Phi) is 25.1. The Morgan fingerprint density at radius 1 is 0.458 bits per heavy atom. The molecule has 4 aromatic heterocycles. The number of amides is 5. The minimum absolute atomic E-state index is 0.0433. The minimum Gasteiger partial charge on any atom is -0.469 e. The van der Waals surface area contributed by atoms with E-state index in [1.165, 1.54) is 25.8 Å². The molecule has 8 atom stereocenters. The van der Waals surface area contributed by atoms with Crippen LogP contribution in [0.25, 0.3) is 67.3 Å². The molecule has 10 aromatic rings. The fourth-order valence-electron chi connectivity index (χ4n) is 18.7. The van der Waals surface area contributed by atoms with Crippen LogP contribution in [0.1, 0.15) is 205 Å². The SMILES string of the molecule is CCN(CC)[C@@H](C(=O)N1CCC[C@H]1c1ncc(-c2ccc(-c3ccc4c(c3)CCCc3[nH]c([C@@H]5CCCN5C(=O)[C@@H](c5ccccc5)N(CC)CC)nc3-4)cc2F)[nH]1)c1ccccc1.COC(=O)C[C@@H](C)C(=O)N1CCC[C@H]1c1nc2c([nH]1)CCCc1cc(-c3ccc(-c4cnc([C@@H]5CCCN5C(=O)[C@H](C)NC(=O)OC)[nH]4)c(F)c3)ccc1-2. The number of aromatic amines is 4. The van der Waals surface area contributed by atoms with Crippen LogP contribution in [-0.2, 0) is 59.1 Å². The molecular weight excluding hydrogens is 1490 g/mol. The number of benzene rings is 6. The second-order valence-corrected chi connectivity index (χ2v) is 32.0. The number of H-pyrrole nitrogens is 4. The molecule has 6 aliphatic rings. The number of fused-ring (bicyclic) bond motifs is 6. The summed E-state index contributed by atoms with van der Waals surface area (Å²) in [6, 6.07) is 41.0. The molecule has 5 N–H and O–H groups in total. The molecule has 6 aromatic carbocycles. The molecule has 616 valence electrons. The average Bonchev–Trinajstić information content (AvgIpc) is 1.62. The molecular formula is C93H107F2N15O8. The first-order valence-electron chi connectivity index (χ1n) is 42.2. The predicted octanol–water partition coefficient (Wildman–Crippen LogP) is 16.3. The van der Waals surface area contributed by atoms with Crippen molar-refractivity contribution in [2.24, 2.45) is 5.92 Å². The topological polar surface area (TPSA) is 267 Å². The van der Waals surface area contributed by atoms with Gasteiger partial charge in [0.2, 0.25) is 23.6 Å². The number of likely N-dealkylation sites (N-methyl/N-ethyl adjacent to an activating group) is 2. The van der Waals surface area contributed by atoms with Gasteiger partial charge in [-0.2, -0.15) is 0 Å².